The van der Waals surface area contributed by atoms with Crippen LogP contribution in [0.4, 0.5) is 0 Å². The average Bonchev–Trinajstić information content (AvgIpc) is 2.19. The van der Waals surface area contributed by atoms with E-state index in [0.29, 0.717) is 13.0 Å². The lowest BCUT2D eigenvalue weighted by Crippen LogP contribution is -2.38. The molecule has 0 saturated carbocycles. The zero-order chi connectivity index (χ0) is 13.9. The van der Waals surface area contributed by atoms with Gasteiger partial charge in [-0.1, -0.05) is 12.1 Å². The van der Waals surface area contributed by atoms with E-state index in [2.05, 4.69) is 38.2 Å². The van der Waals surface area contributed by atoms with E-state index in [1.807, 2.05) is 13.8 Å². The molecule has 100 valence electrons. The number of aryl methyl sites for hydroxylation is 3. The van der Waals surface area contributed by atoms with Gasteiger partial charge in [-0.3, -0.25) is 4.79 Å². The molecule has 3 N–H and O–H groups in total. The largest absolute Gasteiger partial charge is 0.352 e. The highest BCUT2D eigenvalue weighted by Gasteiger charge is 2.16. The zero-order valence-electron chi connectivity index (χ0n) is 12.1. The van der Waals surface area contributed by atoms with Gasteiger partial charge in [0.15, 0.2) is 0 Å². The highest BCUT2D eigenvalue weighted by atomic mass is 16.1. The van der Waals surface area contributed by atoms with E-state index in [1.165, 1.54) is 22.3 Å². The van der Waals surface area contributed by atoms with Crippen LogP contribution in [0.1, 0.15) is 42.5 Å². The number of amides is 1. The summed E-state index contributed by atoms with van der Waals surface area (Å²) in [7, 11) is 0. The van der Waals surface area contributed by atoms with E-state index < -0.39 is 5.54 Å². The quantitative estimate of drug-likeness (QED) is 0.859. The molecule has 0 saturated heterocycles. The number of benzene rings is 1. The Labute approximate surface area is 110 Å². The predicted octanol–water partition coefficient (Wildman–Crippen LogP) is 2.36. The molecule has 0 fully saturated rings. The summed E-state index contributed by atoms with van der Waals surface area (Å²) < 4.78 is 0. The molecule has 0 atom stereocenters. The molecule has 0 aliphatic heterocycles. The van der Waals surface area contributed by atoms with Crippen molar-refractivity contribution in [1.29, 1.82) is 0 Å². The molecular formula is C15H24N2O. The molecule has 0 unspecified atom stereocenters. The van der Waals surface area contributed by atoms with Crippen LogP contribution in [0, 0.1) is 20.8 Å². The Morgan fingerprint density at radius 2 is 1.72 bits per heavy atom. The average molecular weight is 248 g/mol. The molecule has 1 aromatic rings. The summed E-state index contributed by atoms with van der Waals surface area (Å²) in [6.45, 7) is 10.5. The molecule has 0 spiro atoms. The minimum atomic E-state index is -0.456. The summed E-state index contributed by atoms with van der Waals surface area (Å²) in [6.07, 6.45) is 0.344. The van der Waals surface area contributed by atoms with Crippen molar-refractivity contribution in [3.63, 3.8) is 0 Å². The number of nitrogens with one attached hydrogen (secondary N) is 1. The second-order valence-corrected chi connectivity index (χ2v) is 5.81. The lowest BCUT2D eigenvalue weighted by molar-refractivity contribution is -0.122. The van der Waals surface area contributed by atoms with Crippen LogP contribution in [0.5, 0.6) is 0 Å². The van der Waals surface area contributed by atoms with Gasteiger partial charge in [-0.2, -0.15) is 0 Å². The monoisotopic (exact) mass is 248 g/mol. The summed E-state index contributed by atoms with van der Waals surface area (Å²) in [5, 5.41) is 2.92. The molecule has 0 bridgehead atoms. The molecule has 18 heavy (non-hydrogen) atoms. The fourth-order valence-electron chi connectivity index (χ4n) is 1.88. The smallest absolute Gasteiger partial charge is 0.222 e. The van der Waals surface area contributed by atoms with Gasteiger partial charge in [0.2, 0.25) is 5.91 Å². The Balaban J connectivity index is 2.64. The van der Waals surface area contributed by atoms with Gasteiger partial charge in [-0.05, 0) is 56.9 Å². The third-order valence-corrected chi connectivity index (χ3v) is 3.04. The van der Waals surface area contributed by atoms with Crippen molar-refractivity contribution in [3.05, 3.63) is 34.4 Å². The van der Waals surface area contributed by atoms with Crippen molar-refractivity contribution in [2.24, 2.45) is 5.73 Å². The summed E-state index contributed by atoms with van der Waals surface area (Å²) in [5.41, 5.74) is 10.3. The van der Waals surface area contributed by atoms with Crippen LogP contribution >= 0.6 is 0 Å². The Kier molecular flexibility index (Phi) is 4.52. The SMILES string of the molecule is Cc1cc(C)c(CNC(=O)CC(C)(C)N)cc1C. The van der Waals surface area contributed by atoms with Crippen LogP contribution in [0.25, 0.3) is 0 Å². The van der Waals surface area contributed by atoms with Crippen LogP contribution in [0.15, 0.2) is 12.1 Å². The van der Waals surface area contributed by atoms with Crippen molar-refractivity contribution in [3.8, 4) is 0 Å². The Morgan fingerprint density at radius 1 is 1.17 bits per heavy atom. The molecule has 1 aromatic carbocycles. The van der Waals surface area contributed by atoms with Gasteiger partial charge >= 0.3 is 0 Å². The zero-order valence-corrected chi connectivity index (χ0v) is 12.1. The Hall–Kier alpha value is -1.35. The van der Waals surface area contributed by atoms with Crippen molar-refractivity contribution in [2.75, 3.05) is 0 Å². The maximum absolute atomic E-state index is 11.7. The van der Waals surface area contributed by atoms with E-state index in [-0.39, 0.29) is 5.91 Å². The first-order valence-electron chi connectivity index (χ1n) is 6.31. The fourth-order valence-corrected chi connectivity index (χ4v) is 1.88. The molecule has 0 aliphatic rings. The number of hydrogen-bond acceptors (Lipinski definition) is 2. The maximum atomic E-state index is 11.7. The molecular weight excluding hydrogens is 224 g/mol. The summed E-state index contributed by atoms with van der Waals surface area (Å²) in [5.74, 6) is 0.000119. The molecule has 0 aromatic heterocycles. The number of carbonyl (C=O) groups excluding carboxylic acids is 1. The standard InChI is InChI=1S/C15H24N2O/c1-10-6-12(3)13(7-11(10)2)9-17-14(18)8-15(4,5)16/h6-7H,8-9,16H2,1-5H3,(H,17,18). The minimum absolute atomic E-state index is 0.000119. The first-order valence-corrected chi connectivity index (χ1v) is 6.31. The van der Waals surface area contributed by atoms with Gasteiger partial charge < -0.3 is 11.1 Å². The lowest BCUT2D eigenvalue weighted by atomic mass is 10.00. The summed E-state index contributed by atoms with van der Waals surface area (Å²) in [4.78, 5) is 11.7. The van der Waals surface area contributed by atoms with Crippen LogP contribution in [0.2, 0.25) is 0 Å². The van der Waals surface area contributed by atoms with E-state index in [1.54, 1.807) is 0 Å². The van der Waals surface area contributed by atoms with Crippen molar-refractivity contribution in [2.45, 2.75) is 53.1 Å². The Morgan fingerprint density at radius 3 is 2.28 bits per heavy atom. The first kappa shape index (κ1) is 14.7. The first-order chi connectivity index (χ1) is 8.19. The normalized spacial score (nSPS) is 11.4. The van der Waals surface area contributed by atoms with Crippen molar-refractivity contribution >= 4 is 5.91 Å². The van der Waals surface area contributed by atoms with Gasteiger partial charge in [-0.25, -0.2) is 0 Å². The van der Waals surface area contributed by atoms with Gasteiger partial charge in [0.1, 0.15) is 0 Å². The highest BCUT2D eigenvalue weighted by molar-refractivity contribution is 5.77. The van der Waals surface area contributed by atoms with Crippen molar-refractivity contribution in [1.82, 2.24) is 5.32 Å². The van der Waals surface area contributed by atoms with Crippen molar-refractivity contribution < 1.29 is 4.79 Å². The summed E-state index contributed by atoms with van der Waals surface area (Å²) >= 11 is 0. The molecule has 3 heteroatoms. The molecule has 0 aliphatic carbocycles. The van der Waals surface area contributed by atoms with Gasteiger partial charge in [0.05, 0.1) is 0 Å². The van der Waals surface area contributed by atoms with E-state index in [0.717, 1.165) is 0 Å². The molecule has 1 amide bonds. The number of hydrogen-bond donors (Lipinski definition) is 2. The van der Waals surface area contributed by atoms with Gasteiger partial charge in [0.25, 0.3) is 0 Å². The lowest BCUT2D eigenvalue weighted by Gasteiger charge is -2.18. The Bertz CT molecular complexity index is 445. The van der Waals surface area contributed by atoms with Crippen LogP contribution in [-0.2, 0) is 11.3 Å². The third-order valence-electron chi connectivity index (χ3n) is 3.04. The predicted molar refractivity (Wildman–Crippen MR) is 75.4 cm³/mol. The topological polar surface area (TPSA) is 55.1 Å². The van der Waals surface area contributed by atoms with Crippen LogP contribution in [0.3, 0.4) is 0 Å². The molecule has 0 heterocycles. The van der Waals surface area contributed by atoms with Crippen LogP contribution in [-0.4, -0.2) is 11.4 Å². The second kappa shape index (κ2) is 5.53. The number of rotatable bonds is 4. The molecule has 0 radical (unpaired) electrons. The maximum Gasteiger partial charge on any atom is 0.222 e. The highest BCUT2D eigenvalue weighted by Crippen LogP contribution is 2.15. The fraction of sp³-hybridized carbons (Fsp3) is 0.533. The minimum Gasteiger partial charge on any atom is -0.352 e. The number of carbonyl (C=O) groups is 1. The third kappa shape index (κ3) is 4.49. The van der Waals surface area contributed by atoms with E-state index in [9.17, 15) is 4.79 Å². The van der Waals surface area contributed by atoms with Crippen LogP contribution < -0.4 is 11.1 Å². The van der Waals surface area contributed by atoms with E-state index >= 15 is 0 Å². The molecule has 3 nitrogen and oxygen atoms in total. The van der Waals surface area contributed by atoms with Gasteiger partial charge in [0, 0.05) is 18.5 Å². The second-order valence-electron chi connectivity index (χ2n) is 5.81. The summed E-state index contributed by atoms with van der Waals surface area (Å²) in [6, 6.07) is 4.29. The number of nitrogens with two attached hydrogens (primary N) is 1. The van der Waals surface area contributed by atoms with E-state index in [4.69, 9.17) is 5.73 Å². The van der Waals surface area contributed by atoms with Gasteiger partial charge in [-0.15, -0.1) is 0 Å². The molecule has 1 rings (SSSR count).